The number of hydrogen-bond donors (Lipinski definition) is 1. The summed E-state index contributed by atoms with van der Waals surface area (Å²) in [5, 5.41) is 9.32. The summed E-state index contributed by atoms with van der Waals surface area (Å²) in [6, 6.07) is 10.4. The van der Waals surface area contributed by atoms with Crippen LogP contribution in [0, 0.1) is 5.92 Å². The summed E-state index contributed by atoms with van der Waals surface area (Å²) in [4.78, 5) is 0. The maximum Gasteiger partial charge on any atom is 0.0459 e. The lowest BCUT2D eigenvalue weighted by atomic mass is 9.97. The SMILES string of the molecule is CCCCCC(CO)CCC=Cc1ccccc1. The summed E-state index contributed by atoms with van der Waals surface area (Å²) < 4.78 is 0. The average molecular weight is 246 g/mol. The summed E-state index contributed by atoms with van der Waals surface area (Å²) >= 11 is 0. The first-order chi connectivity index (χ1) is 8.86. The molecule has 1 aromatic rings. The molecule has 0 spiro atoms. The standard InChI is InChI=1S/C17H26O/c1-2-3-5-13-17(15-18)14-9-8-12-16-10-6-4-7-11-16/h4,6-8,10-12,17-18H,2-3,5,9,13-15H2,1H3. The fourth-order valence-corrected chi connectivity index (χ4v) is 2.13. The van der Waals surface area contributed by atoms with Gasteiger partial charge in [0.1, 0.15) is 0 Å². The highest BCUT2D eigenvalue weighted by atomic mass is 16.3. The summed E-state index contributed by atoms with van der Waals surface area (Å²) in [6.07, 6.45) is 11.5. The van der Waals surface area contributed by atoms with E-state index in [9.17, 15) is 5.11 Å². The molecular weight excluding hydrogens is 220 g/mol. The van der Waals surface area contributed by atoms with Crippen molar-refractivity contribution in [3.8, 4) is 0 Å². The number of hydrogen-bond acceptors (Lipinski definition) is 1. The highest BCUT2D eigenvalue weighted by Crippen LogP contribution is 2.16. The van der Waals surface area contributed by atoms with Crippen LogP contribution in [-0.2, 0) is 0 Å². The third kappa shape index (κ3) is 6.61. The van der Waals surface area contributed by atoms with Crippen LogP contribution in [0.4, 0.5) is 0 Å². The van der Waals surface area contributed by atoms with E-state index in [4.69, 9.17) is 0 Å². The van der Waals surface area contributed by atoms with Gasteiger partial charge < -0.3 is 5.11 Å². The molecular formula is C17H26O. The molecule has 0 saturated heterocycles. The molecule has 0 aliphatic rings. The van der Waals surface area contributed by atoms with E-state index < -0.39 is 0 Å². The Morgan fingerprint density at radius 2 is 1.89 bits per heavy atom. The molecule has 1 unspecified atom stereocenters. The van der Waals surface area contributed by atoms with Crippen LogP contribution < -0.4 is 0 Å². The van der Waals surface area contributed by atoms with E-state index >= 15 is 0 Å². The van der Waals surface area contributed by atoms with Crippen LogP contribution >= 0.6 is 0 Å². The molecule has 1 aromatic carbocycles. The molecule has 0 heterocycles. The third-order valence-electron chi connectivity index (χ3n) is 3.33. The zero-order chi connectivity index (χ0) is 13.1. The van der Waals surface area contributed by atoms with Crippen LogP contribution in [0.15, 0.2) is 36.4 Å². The molecule has 100 valence electrons. The largest absolute Gasteiger partial charge is 0.396 e. The smallest absolute Gasteiger partial charge is 0.0459 e. The molecule has 0 aromatic heterocycles. The Morgan fingerprint density at radius 3 is 2.56 bits per heavy atom. The minimum atomic E-state index is 0.336. The molecule has 0 bridgehead atoms. The van der Waals surface area contributed by atoms with E-state index in [1.807, 2.05) is 6.07 Å². The second-order valence-corrected chi connectivity index (χ2v) is 4.93. The number of allylic oxidation sites excluding steroid dienone is 1. The molecule has 0 amide bonds. The Labute approximate surface area is 112 Å². The third-order valence-corrected chi connectivity index (χ3v) is 3.33. The molecule has 0 saturated carbocycles. The van der Waals surface area contributed by atoms with E-state index in [1.165, 1.54) is 31.2 Å². The van der Waals surface area contributed by atoms with Gasteiger partial charge in [0.15, 0.2) is 0 Å². The van der Waals surface area contributed by atoms with Crippen LogP contribution in [0.25, 0.3) is 6.08 Å². The fraction of sp³-hybridized carbons (Fsp3) is 0.529. The van der Waals surface area contributed by atoms with Crippen molar-refractivity contribution in [3.63, 3.8) is 0 Å². The molecule has 1 N–H and O–H groups in total. The van der Waals surface area contributed by atoms with Crippen LogP contribution in [0.3, 0.4) is 0 Å². The first-order valence-corrected chi connectivity index (χ1v) is 7.19. The van der Waals surface area contributed by atoms with Gasteiger partial charge in [0.2, 0.25) is 0 Å². The van der Waals surface area contributed by atoms with Crippen molar-refractivity contribution in [2.75, 3.05) is 6.61 Å². The van der Waals surface area contributed by atoms with Crippen LogP contribution in [0.1, 0.15) is 51.0 Å². The minimum absolute atomic E-state index is 0.336. The second kappa shape index (κ2) is 9.90. The molecule has 0 aliphatic carbocycles. The Morgan fingerprint density at radius 1 is 1.11 bits per heavy atom. The van der Waals surface area contributed by atoms with E-state index in [0.29, 0.717) is 12.5 Å². The molecule has 0 fully saturated rings. The molecule has 1 rings (SSSR count). The minimum Gasteiger partial charge on any atom is -0.396 e. The van der Waals surface area contributed by atoms with E-state index in [1.54, 1.807) is 0 Å². The van der Waals surface area contributed by atoms with Crippen molar-refractivity contribution in [1.29, 1.82) is 0 Å². The summed E-state index contributed by atoms with van der Waals surface area (Å²) in [5.41, 5.74) is 1.25. The van der Waals surface area contributed by atoms with Gasteiger partial charge in [-0.3, -0.25) is 0 Å². The predicted molar refractivity (Wildman–Crippen MR) is 79.4 cm³/mol. The normalized spacial score (nSPS) is 13.0. The van der Waals surface area contributed by atoms with Crippen molar-refractivity contribution in [1.82, 2.24) is 0 Å². The monoisotopic (exact) mass is 246 g/mol. The predicted octanol–water partition coefficient (Wildman–Crippen LogP) is 4.67. The molecule has 0 aliphatic heterocycles. The zero-order valence-corrected chi connectivity index (χ0v) is 11.5. The molecule has 0 radical (unpaired) electrons. The lowest BCUT2D eigenvalue weighted by Gasteiger charge is -2.12. The molecule has 1 nitrogen and oxygen atoms in total. The van der Waals surface area contributed by atoms with Crippen molar-refractivity contribution < 1.29 is 5.11 Å². The van der Waals surface area contributed by atoms with Crippen molar-refractivity contribution >= 4 is 6.08 Å². The maximum atomic E-state index is 9.32. The lowest BCUT2D eigenvalue weighted by Crippen LogP contribution is -2.05. The van der Waals surface area contributed by atoms with Gasteiger partial charge in [-0.25, -0.2) is 0 Å². The zero-order valence-electron chi connectivity index (χ0n) is 11.5. The van der Waals surface area contributed by atoms with E-state index in [0.717, 1.165) is 12.8 Å². The molecule has 1 atom stereocenters. The molecule has 18 heavy (non-hydrogen) atoms. The highest BCUT2D eigenvalue weighted by Gasteiger charge is 2.05. The van der Waals surface area contributed by atoms with Gasteiger partial charge in [0.25, 0.3) is 0 Å². The van der Waals surface area contributed by atoms with Gasteiger partial charge in [-0.05, 0) is 30.7 Å². The first-order valence-electron chi connectivity index (χ1n) is 7.19. The average Bonchev–Trinajstić information content (AvgIpc) is 2.43. The van der Waals surface area contributed by atoms with Crippen LogP contribution in [-0.4, -0.2) is 11.7 Å². The summed E-state index contributed by atoms with van der Waals surface area (Å²) in [5.74, 6) is 0.483. The number of rotatable bonds is 9. The molecule has 1 heteroatoms. The maximum absolute atomic E-state index is 9.32. The first kappa shape index (κ1) is 15.0. The van der Waals surface area contributed by atoms with Gasteiger partial charge in [0.05, 0.1) is 0 Å². The fourth-order valence-electron chi connectivity index (χ4n) is 2.13. The number of unbranched alkanes of at least 4 members (excludes halogenated alkanes) is 2. The quantitative estimate of drug-likeness (QED) is 0.628. The number of benzene rings is 1. The highest BCUT2D eigenvalue weighted by molar-refractivity contribution is 5.48. The summed E-state index contributed by atoms with van der Waals surface area (Å²) in [6.45, 7) is 2.56. The Balaban J connectivity index is 2.20. The van der Waals surface area contributed by atoms with Crippen LogP contribution in [0.2, 0.25) is 0 Å². The van der Waals surface area contributed by atoms with Crippen molar-refractivity contribution in [2.24, 2.45) is 5.92 Å². The van der Waals surface area contributed by atoms with Gasteiger partial charge in [-0.1, -0.05) is 68.7 Å². The number of aliphatic hydroxyl groups is 1. The van der Waals surface area contributed by atoms with Gasteiger partial charge >= 0.3 is 0 Å². The van der Waals surface area contributed by atoms with Gasteiger partial charge in [-0.2, -0.15) is 0 Å². The van der Waals surface area contributed by atoms with Crippen LogP contribution in [0.5, 0.6) is 0 Å². The van der Waals surface area contributed by atoms with Crippen molar-refractivity contribution in [3.05, 3.63) is 42.0 Å². The van der Waals surface area contributed by atoms with Gasteiger partial charge in [-0.15, -0.1) is 0 Å². The lowest BCUT2D eigenvalue weighted by molar-refractivity contribution is 0.208. The summed E-state index contributed by atoms with van der Waals surface area (Å²) in [7, 11) is 0. The second-order valence-electron chi connectivity index (χ2n) is 4.93. The Bertz CT molecular complexity index is 316. The topological polar surface area (TPSA) is 20.2 Å². The van der Waals surface area contributed by atoms with Gasteiger partial charge in [0, 0.05) is 6.61 Å². The van der Waals surface area contributed by atoms with Crippen molar-refractivity contribution in [2.45, 2.75) is 45.4 Å². The van der Waals surface area contributed by atoms with E-state index in [2.05, 4.69) is 43.3 Å². The Kier molecular flexibility index (Phi) is 8.24. The number of aliphatic hydroxyl groups excluding tert-OH is 1. The van der Waals surface area contributed by atoms with E-state index in [-0.39, 0.29) is 0 Å². The Hall–Kier alpha value is -1.08.